The average Bonchev–Trinajstić information content (AvgIpc) is 2.59. The molecule has 0 atom stereocenters. The van der Waals surface area contributed by atoms with E-state index in [-0.39, 0.29) is 10.7 Å². The molecule has 6 nitrogen and oxygen atoms in total. The highest BCUT2D eigenvalue weighted by molar-refractivity contribution is 9.11. The maximum absolute atomic E-state index is 12.4. The predicted molar refractivity (Wildman–Crippen MR) is 85.0 cm³/mol. The van der Waals surface area contributed by atoms with Gasteiger partial charge in [0.1, 0.15) is 4.90 Å². The summed E-state index contributed by atoms with van der Waals surface area (Å²) in [6.45, 7) is 1.71. The minimum atomic E-state index is -3.77. The molecule has 2 rings (SSSR count). The third-order valence-electron chi connectivity index (χ3n) is 2.68. The number of sulfonamides is 1. The van der Waals surface area contributed by atoms with Crippen LogP contribution in [-0.2, 0) is 17.1 Å². The summed E-state index contributed by atoms with van der Waals surface area (Å²) in [6, 6.07) is 4.90. The number of rotatable bonds is 3. The fraction of sp³-hybridized carbons (Fsp3) is 0.182. The summed E-state index contributed by atoms with van der Waals surface area (Å²) in [5.41, 5.74) is 6.70. The molecule has 1 heterocycles. The number of nitrogens with two attached hydrogens (primary N) is 1. The maximum atomic E-state index is 12.4. The minimum Gasteiger partial charge on any atom is -0.394 e. The van der Waals surface area contributed by atoms with Gasteiger partial charge < -0.3 is 5.73 Å². The van der Waals surface area contributed by atoms with E-state index in [9.17, 15) is 8.42 Å². The van der Waals surface area contributed by atoms with Crippen molar-refractivity contribution >= 4 is 53.4 Å². The van der Waals surface area contributed by atoms with Crippen molar-refractivity contribution < 1.29 is 8.42 Å². The molecule has 1 aromatic heterocycles. The fourth-order valence-corrected chi connectivity index (χ4v) is 4.27. The summed E-state index contributed by atoms with van der Waals surface area (Å²) in [5.74, 6) is 0.245. The van der Waals surface area contributed by atoms with Crippen LogP contribution in [0.5, 0.6) is 0 Å². The van der Waals surface area contributed by atoms with Crippen LogP contribution in [0.15, 0.2) is 32.0 Å². The van der Waals surface area contributed by atoms with Crippen LogP contribution >= 0.6 is 31.9 Å². The first kappa shape index (κ1) is 15.3. The van der Waals surface area contributed by atoms with Crippen molar-refractivity contribution in [1.82, 2.24) is 9.78 Å². The number of hydrogen-bond donors (Lipinski definition) is 2. The first-order chi connectivity index (χ1) is 9.22. The van der Waals surface area contributed by atoms with Crippen LogP contribution in [0.2, 0.25) is 0 Å². The normalized spacial score (nSPS) is 11.6. The van der Waals surface area contributed by atoms with Crippen LogP contribution in [-0.4, -0.2) is 18.2 Å². The van der Waals surface area contributed by atoms with Gasteiger partial charge >= 0.3 is 0 Å². The van der Waals surface area contributed by atoms with E-state index in [1.807, 2.05) is 0 Å². The summed E-state index contributed by atoms with van der Waals surface area (Å²) in [6.07, 6.45) is 0. The molecule has 0 unspecified atom stereocenters. The summed E-state index contributed by atoms with van der Waals surface area (Å²) in [4.78, 5) is 0.116. The van der Waals surface area contributed by atoms with Gasteiger partial charge in [0.2, 0.25) is 0 Å². The van der Waals surface area contributed by atoms with Gasteiger partial charge in [0.05, 0.1) is 11.4 Å². The Balaban J connectivity index is 2.49. The SMILES string of the molecule is Cc1nn(C)c(NS(=O)(=O)c2cc(Br)ccc2Br)c1N. The smallest absolute Gasteiger partial charge is 0.264 e. The Morgan fingerprint density at radius 3 is 2.55 bits per heavy atom. The molecular weight excluding hydrogens is 412 g/mol. The Labute approximate surface area is 133 Å². The number of halogens is 2. The summed E-state index contributed by atoms with van der Waals surface area (Å²) >= 11 is 6.48. The van der Waals surface area contributed by atoms with Crippen LogP contribution in [0.3, 0.4) is 0 Å². The molecule has 0 radical (unpaired) electrons. The highest BCUT2D eigenvalue weighted by Crippen LogP contribution is 2.29. The lowest BCUT2D eigenvalue weighted by atomic mass is 10.4. The number of hydrogen-bond acceptors (Lipinski definition) is 4. The highest BCUT2D eigenvalue weighted by atomic mass is 79.9. The van der Waals surface area contributed by atoms with E-state index in [1.165, 1.54) is 10.7 Å². The molecule has 0 saturated heterocycles. The monoisotopic (exact) mass is 422 g/mol. The largest absolute Gasteiger partial charge is 0.394 e. The van der Waals surface area contributed by atoms with Crippen molar-refractivity contribution in [3.63, 3.8) is 0 Å². The topological polar surface area (TPSA) is 90.0 Å². The van der Waals surface area contributed by atoms with Crippen molar-refractivity contribution in [3.8, 4) is 0 Å². The van der Waals surface area contributed by atoms with E-state index >= 15 is 0 Å². The molecule has 2 aromatic rings. The lowest BCUT2D eigenvalue weighted by molar-refractivity contribution is 0.599. The van der Waals surface area contributed by atoms with E-state index < -0.39 is 10.0 Å². The summed E-state index contributed by atoms with van der Waals surface area (Å²) < 4.78 is 29.8. The van der Waals surface area contributed by atoms with Crippen molar-refractivity contribution in [3.05, 3.63) is 32.8 Å². The molecule has 3 N–H and O–H groups in total. The second-order valence-electron chi connectivity index (χ2n) is 4.15. The minimum absolute atomic E-state index is 0.116. The van der Waals surface area contributed by atoms with Gasteiger partial charge in [-0.2, -0.15) is 5.10 Å². The Bertz CT molecular complexity index is 771. The molecule has 0 aliphatic heterocycles. The average molecular weight is 424 g/mol. The third-order valence-corrected chi connectivity index (χ3v) is 5.51. The molecule has 0 aliphatic carbocycles. The number of anilines is 2. The molecule has 9 heteroatoms. The molecule has 1 aromatic carbocycles. The molecule has 0 bridgehead atoms. The quantitative estimate of drug-likeness (QED) is 0.793. The van der Waals surface area contributed by atoms with Crippen LogP contribution in [0.1, 0.15) is 5.69 Å². The van der Waals surface area contributed by atoms with Gasteiger partial charge in [-0.05, 0) is 41.1 Å². The molecule has 20 heavy (non-hydrogen) atoms. The fourth-order valence-electron chi connectivity index (χ4n) is 1.66. The number of nitrogens with zero attached hydrogens (tertiary/aromatic N) is 2. The standard InChI is InChI=1S/C11H12Br2N4O2S/c1-6-10(14)11(17(2)15-6)16-20(18,19)9-5-7(12)3-4-8(9)13/h3-5,16H,14H2,1-2H3. The van der Waals surface area contributed by atoms with Gasteiger partial charge in [-0.25, -0.2) is 13.1 Å². The van der Waals surface area contributed by atoms with Gasteiger partial charge in [0.15, 0.2) is 5.82 Å². The van der Waals surface area contributed by atoms with Crippen LogP contribution in [0.4, 0.5) is 11.5 Å². The Morgan fingerprint density at radius 1 is 1.35 bits per heavy atom. The first-order valence-corrected chi connectivity index (χ1v) is 8.56. The van der Waals surface area contributed by atoms with Crippen molar-refractivity contribution in [1.29, 1.82) is 0 Å². The third kappa shape index (κ3) is 2.84. The second kappa shape index (κ2) is 5.38. The zero-order chi connectivity index (χ0) is 15.1. The zero-order valence-corrected chi connectivity index (χ0v) is 14.7. The number of aromatic nitrogens is 2. The van der Waals surface area contributed by atoms with Gasteiger partial charge in [-0.15, -0.1) is 0 Å². The number of nitrogens with one attached hydrogen (secondary N) is 1. The molecule has 0 saturated carbocycles. The predicted octanol–water partition coefficient (Wildman–Crippen LogP) is 2.64. The van der Waals surface area contributed by atoms with E-state index in [0.29, 0.717) is 20.3 Å². The van der Waals surface area contributed by atoms with Gasteiger partial charge in [0, 0.05) is 16.0 Å². The summed E-state index contributed by atoms with van der Waals surface area (Å²) in [5, 5.41) is 4.07. The highest BCUT2D eigenvalue weighted by Gasteiger charge is 2.22. The zero-order valence-electron chi connectivity index (χ0n) is 10.7. The van der Waals surface area contributed by atoms with Gasteiger partial charge in [-0.3, -0.25) is 4.72 Å². The van der Waals surface area contributed by atoms with Crippen LogP contribution in [0, 0.1) is 6.92 Å². The van der Waals surface area contributed by atoms with Crippen LogP contribution in [0.25, 0.3) is 0 Å². The van der Waals surface area contributed by atoms with E-state index in [1.54, 1.807) is 26.1 Å². The van der Waals surface area contributed by atoms with E-state index in [4.69, 9.17) is 5.73 Å². The molecule has 0 amide bonds. The van der Waals surface area contributed by atoms with Gasteiger partial charge in [-0.1, -0.05) is 15.9 Å². The molecule has 0 fully saturated rings. The van der Waals surface area contributed by atoms with Gasteiger partial charge in [0.25, 0.3) is 10.0 Å². The number of benzene rings is 1. The Kier molecular flexibility index (Phi) is 4.12. The van der Waals surface area contributed by atoms with Crippen molar-refractivity contribution in [2.75, 3.05) is 10.5 Å². The lowest BCUT2D eigenvalue weighted by Gasteiger charge is -2.10. The molecule has 108 valence electrons. The summed E-state index contributed by atoms with van der Waals surface area (Å²) in [7, 11) is -2.14. The van der Waals surface area contributed by atoms with Crippen molar-refractivity contribution in [2.24, 2.45) is 7.05 Å². The van der Waals surface area contributed by atoms with E-state index in [2.05, 4.69) is 41.7 Å². The number of nitrogen functional groups attached to an aromatic ring is 1. The maximum Gasteiger partial charge on any atom is 0.264 e. The Hall–Kier alpha value is -1.06. The van der Waals surface area contributed by atoms with Crippen LogP contribution < -0.4 is 10.5 Å². The van der Waals surface area contributed by atoms with Crippen molar-refractivity contribution in [2.45, 2.75) is 11.8 Å². The molecule has 0 aliphatic rings. The molecule has 0 spiro atoms. The lowest BCUT2D eigenvalue weighted by Crippen LogP contribution is -2.17. The van der Waals surface area contributed by atoms with E-state index in [0.717, 1.165) is 0 Å². The molecular formula is C11H12Br2N4O2S. The first-order valence-electron chi connectivity index (χ1n) is 5.49. The number of aryl methyl sites for hydroxylation is 2. The second-order valence-corrected chi connectivity index (χ2v) is 7.57. The Morgan fingerprint density at radius 2 is 2.00 bits per heavy atom.